The van der Waals surface area contributed by atoms with E-state index < -0.39 is 0 Å². The Hall–Kier alpha value is -1.87. The Morgan fingerprint density at radius 1 is 1.04 bits per heavy atom. The van der Waals surface area contributed by atoms with Gasteiger partial charge in [-0.15, -0.1) is 11.3 Å². The molecule has 0 atom stereocenters. The number of thiophene rings is 1. The summed E-state index contributed by atoms with van der Waals surface area (Å²) in [7, 11) is 0. The van der Waals surface area contributed by atoms with Crippen LogP contribution in [0.25, 0.3) is 20.2 Å². The fourth-order valence-electron chi connectivity index (χ4n) is 3.42. The highest BCUT2D eigenvalue weighted by atomic mass is 32.1. The maximum atomic E-state index is 11.8. The molecule has 2 nitrogen and oxygen atoms in total. The predicted octanol–water partition coefficient (Wildman–Crippen LogP) is 6.67. The number of carbonyl (C=O) groups is 1. The number of hydrogen-bond acceptors (Lipinski definition) is 3. The summed E-state index contributed by atoms with van der Waals surface area (Å²) >= 11 is 1.79. The third kappa shape index (κ3) is 3.72. The summed E-state index contributed by atoms with van der Waals surface area (Å²) in [5.41, 5.74) is 2.59. The van der Waals surface area contributed by atoms with Crippen LogP contribution in [-0.2, 0) is 17.6 Å². The van der Waals surface area contributed by atoms with E-state index in [9.17, 15) is 4.79 Å². The van der Waals surface area contributed by atoms with Crippen LogP contribution in [0, 0.1) is 0 Å². The molecule has 0 N–H and O–H groups in total. The van der Waals surface area contributed by atoms with Gasteiger partial charge in [0.05, 0.1) is 0 Å². The van der Waals surface area contributed by atoms with Crippen LogP contribution in [0.2, 0.25) is 0 Å². The third-order valence-electron chi connectivity index (χ3n) is 4.64. The first-order valence-electron chi connectivity index (χ1n) is 9.30. The molecule has 2 aromatic carbocycles. The van der Waals surface area contributed by atoms with Crippen molar-refractivity contribution in [2.24, 2.45) is 0 Å². The second-order valence-electron chi connectivity index (χ2n) is 6.62. The van der Waals surface area contributed by atoms with Crippen molar-refractivity contribution in [3.8, 4) is 5.75 Å². The minimum absolute atomic E-state index is 0.234. The first-order chi connectivity index (χ1) is 12.2. The van der Waals surface area contributed by atoms with Crippen molar-refractivity contribution >= 4 is 37.5 Å². The predicted molar refractivity (Wildman–Crippen MR) is 108 cm³/mol. The van der Waals surface area contributed by atoms with E-state index >= 15 is 0 Å². The lowest BCUT2D eigenvalue weighted by Crippen LogP contribution is -2.07. The first-order valence-corrected chi connectivity index (χ1v) is 10.1. The van der Waals surface area contributed by atoms with Crippen molar-refractivity contribution in [1.29, 1.82) is 0 Å². The summed E-state index contributed by atoms with van der Waals surface area (Å²) in [5.74, 6) is 0.573. The molecular formula is C22H26O2S. The summed E-state index contributed by atoms with van der Waals surface area (Å²) in [6.07, 6.45) is 6.60. The van der Waals surface area contributed by atoms with Crippen LogP contribution < -0.4 is 4.74 Å². The summed E-state index contributed by atoms with van der Waals surface area (Å²) in [4.78, 5) is 11.8. The largest absolute Gasteiger partial charge is 0.426 e. The molecule has 3 aromatic rings. The molecule has 0 aliphatic heterocycles. The van der Waals surface area contributed by atoms with E-state index in [1.54, 1.807) is 11.3 Å². The standard InChI is InChI=1S/C22H26O2S/c1-4-6-10-16-14-20-21(18-12-8-9-13-19(18)25-20)22(24-15(3)23)17(16)11-7-5-2/h8-9,12-14H,4-7,10-11H2,1-3H3. The molecule has 0 radical (unpaired) electrons. The van der Waals surface area contributed by atoms with Crippen LogP contribution in [0.1, 0.15) is 57.6 Å². The molecule has 0 saturated carbocycles. The number of esters is 1. The van der Waals surface area contributed by atoms with Gasteiger partial charge < -0.3 is 4.74 Å². The van der Waals surface area contributed by atoms with E-state index in [1.807, 2.05) is 0 Å². The average Bonchev–Trinajstić information content (AvgIpc) is 2.96. The summed E-state index contributed by atoms with van der Waals surface area (Å²) in [6.45, 7) is 5.93. The lowest BCUT2D eigenvalue weighted by Gasteiger charge is -2.16. The molecule has 1 heterocycles. The zero-order valence-electron chi connectivity index (χ0n) is 15.4. The molecule has 0 bridgehead atoms. The molecule has 0 spiro atoms. The summed E-state index contributed by atoms with van der Waals surface area (Å²) < 4.78 is 8.29. The van der Waals surface area contributed by atoms with E-state index in [1.165, 1.54) is 39.3 Å². The van der Waals surface area contributed by atoms with E-state index in [4.69, 9.17) is 4.74 Å². The highest BCUT2D eigenvalue weighted by Crippen LogP contribution is 2.43. The number of rotatable bonds is 7. The van der Waals surface area contributed by atoms with Crippen LogP contribution >= 0.6 is 11.3 Å². The second-order valence-corrected chi connectivity index (χ2v) is 7.70. The van der Waals surface area contributed by atoms with Crippen molar-refractivity contribution < 1.29 is 9.53 Å². The maximum Gasteiger partial charge on any atom is 0.308 e. The molecule has 1 aromatic heterocycles. The molecule has 0 saturated heterocycles. The summed E-state index contributed by atoms with van der Waals surface area (Å²) in [5, 5.41) is 2.31. The smallest absolute Gasteiger partial charge is 0.308 e. The Labute approximate surface area is 153 Å². The van der Waals surface area contributed by atoms with Crippen molar-refractivity contribution in [1.82, 2.24) is 0 Å². The van der Waals surface area contributed by atoms with Gasteiger partial charge in [0, 0.05) is 27.1 Å². The number of hydrogen-bond donors (Lipinski definition) is 0. The van der Waals surface area contributed by atoms with Crippen LogP contribution in [0.4, 0.5) is 0 Å². The van der Waals surface area contributed by atoms with E-state index in [0.29, 0.717) is 0 Å². The molecular weight excluding hydrogens is 328 g/mol. The maximum absolute atomic E-state index is 11.8. The monoisotopic (exact) mass is 354 g/mol. The second kappa shape index (κ2) is 8.01. The number of aryl methyl sites for hydroxylation is 1. The van der Waals surface area contributed by atoms with Gasteiger partial charge in [0.15, 0.2) is 0 Å². The third-order valence-corrected chi connectivity index (χ3v) is 5.76. The van der Waals surface area contributed by atoms with E-state index in [2.05, 4.69) is 44.2 Å². The Morgan fingerprint density at radius 3 is 2.48 bits per heavy atom. The fraction of sp³-hybridized carbons (Fsp3) is 0.409. The molecule has 25 heavy (non-hydrogen) atoms. The van der Waals surface area contributed by atoms with Crippen molar-refractivity contribution in [3.05, 3.63) is 41.5 Å². The van der Waals surface area contributed by atoms with Crippen LogP contribution in [-0.4, -0.2) is 5.97 Å². The molecule has 0 unspecified atom stereocenters. The SMILES string of the molecule is CCCCc1cc2sc3ccccc3c2c(OC(C)=O)c1CCCC. The first kappa shape index (κ1) is 17.9. The highest BCUT2D eigenvalue weighted by molar-refractivity contribution is 7.25. The number of carbonyl (C=O) groups excluding carboxylic acids is 1. The van der Waals surface area contributed by atoms with Gasteiger partial charge in [-0.2, -0.15) is 0 Å². The number of fused-ring (bicyclic) bond motifs is 3. The lowest BCUT2D eigenvalue weighted by molar-refractivity contribution is -0.131. The number of benzene rings is 2. The molecule has 3 rings (SSSR count). The van der Waals surface area contributed by atoms with Gasteiger partial charge in [-0.1, -0.05) is 44.9 Å². The normalized spacial score (nSPS) is 11.3. The Bertz CT molecular complexity index is 892. The van der Waals surface area contributed by atoms with Gasteiger partial charge in [-0.25, -0.2) is 0 Å². The minimum atomic E-state index is -0.234. The van der Waals surface area contributed by atoms with Gasteiger partial charge in [-0.05, 0) is 48.9 Å². The zero-order chi connectivity index (χ0) is 17.8. The van der Waals surface area contributed by atoms with Gasteiger partial charge >= 0.3 is 5.97 Å². The van der Waals surface area contributed by atoms with E-state index in [-0.39, 0.29) is 5.97 Å². The van der Waals surface area contributed by atoms with Crippen molar-refractivity contribution in [2.45, 2.75) is 59.3 Å². The van der Waals surface area contributed by atoms with Crippen LogP contribution in [0.5, 0.6) is 5.75 Å². The molecule has 0 amide bonds. The lowest BCUT2D eigenvalue weighted by atomic mass is 9.94. The molecule has 3 heteroatoms. The van der Waals surface area contributed by atoms with Gasteiger partial charge in [0.1, 0.15) is 5.75 Å². The van der Waals surface area contributed by atoms with Gasteiger partial charge in [0.25, 0.3) is 0 Å². The number of ether oxygens (including phenoxy) is 1. The van der Waals surface area contributed by atoms with E-state index in [0.717, 1.165) is 43.2 Å². The molecule has 0 aliphatic carbocycles. The van der Waals surface area contributed by atoms with Crippen molar-refractivity contribution in [3.63, 3.8) is 0 Å². The minimum Gasteiger partial charge on any atom is -0.426 e. The molecule has 0 fully saturated rings. The average molecular weight is 355 g/mol. The zero-order valence-corrected chi connectivity index (χ0v) is 16.2. The molecule has 0 aliphatic rings. The van der Waals surface area contributed by atoms with Crippen molar-refractivity contribution in [2.75, 3.05) is 0 Å². The highest BCUT2D eigenvalue weighted by Gasteiger charge is 2.19. The van der Waals surface area contributed by atoms with Gasteiger partial charge in [0.2, 0.25) is 0 Å². The Kier molecular flexibility index (Phi) is 5.74. The van der Waals surface area contributed by atoms with Crippen LogP contribution in [0.3, 0.4) is 0 Å². The van der Waals surface area contributed by atoms with Gasteiger partial charge in [-0.3, -0.25) is 4.79 Å². The molecule has 132 valence electrons. The summed E-state index contributed by atoms with van der Waals surface area (Å²) in [6, 6.07) is 10.8. The Balaban J connectivity index is 2.29. The number of unbranched alkanes of at least 4 members (excludes halogenated alkanes) is 2. The Morgan fingerprint density at radius 2 is 1.76 bits per heavy atom. The fourth-order valence-corrected chi connectivity index (χ4v) is 4.59. The van der Waals surface area contributed by atoms with Crippen LogP contribution in [0.15, 0.2) is 30.3 Å². The topological polar surface area (TPSA) is 26.3 Å². The quantitative estimate of drug-likeness (QED) is 0.350.